The number of unbranched alkanes of at least 4 members (excludes halogenated alkanes) is 1. The first-order chi connectivity index (χ1) is 7.33. The first-order valence-electron chi connectivity index (χ1n) is 5.10. The zero-order valence-corrected chi connectivity index (χ0v) is 9.34. The van der Waals surface area contributed by atoms with Gasteiger partial charge in [-0.25, -0.2) is 0 Å². The van der Waals surface area contributed by atoms with Crippen LogP contribution in [0.2, 0.25) is 5.02 Å². The number of aromatic nitrogens is 1. The molecule has 0 unspecified atom stereocenters. The third kappa shape index (κ3) is 2.07. The molecule has 1 aromatic heterocycles. The summed E-state index contributed by atoms with van der Waals surface area (Å²) in [6, 6.07) is 5.55. The summed E-state index contributed by atoms with van der Waals surface area (Å²) < 4.78 is 5.16. The van der Waals surface area contributed by atoms with Gasteiger partial charge in [-0.2, -0.15) is 0 Å². The SMILES string of the molecule is CCCCNc1noc2cccc(Cl)c12. The highest BCUT2D eigenvalue weighted by Crippen LogP contribution is 2.29. The molecule has 0 amide bonds. The Kier molecular flexibility index (Phi) is 3.11. The van der Waals surface area contributed by atoms with Gasteiger partial charge in [0.2, 0.25) is 0 Å². The van der Waals surface area contributed by atoms with Crippen LogP contribution in [0, 0.1) is 0 Å². The van der Waals surface area contributed by atoms with Gasteiger partial charge < -0.3 is 9.84 Å². The van der Waals surface area contributed by atoms with Crippen LogP contribution in [-0.2, 0) is 0 Å². The van der Waals surface area contributed by atoms with E-state index in [1.54, 1.807) is 0 Å². The molecule has 0 aliphatic rings. The van der Waals surface area contributed by atoms with Crippen molar-refractivity contribution in [2.24, 2.45) is 0 Å². The Morgan fingerprint density at radius 1 is 1.47 bits per heavy atom. The number of fused-ring (bicyclic) bond motifs is 1. The summed E-state index contributed by atoms with van der Waals surface area (Å²) in [6.07, 6.45) is 2.26. The molecular formula is C11H13ClN2O. The highest BCUT2D eigenvalue weighted by Gasteiger charge is 2.10. The van der Waals surface area contributed by atoms with E-state index in [1.165, 1.54) is 0 Å². The summed E-state index contributed by atoms with van der Waals surface area (Å²) in [5, 5.41) is 8.72. The molecule has 4 heteroatoms. The van der Waals surface area contributed by atoms with Crippen molar-refractivity contribution < 1.29 is 4.52 Å². The molecule has 2 aromatic rings. The van der Waals surface area contributed by atoms with Crippen LogP contribution in [0.15, 0.2) is 22.7 Å². The summed E-state index contributed by atoms with van der Waals surface area (Å²) in [7, 11) is 0. The fourth-order valence-corrected chi connectivity index (χ4v) is 1.71. The molecule has 1 heterocycles. The van der Waals surface area contributed by atoms with Crippen LogP contribution < -0.4 is 5.32 Å². The second-order valence-corrected chi connectivity index (χ2v) is 3.83. The third-order valence-electron chi connectivity index (χ3n) is 2.27. The summed E-state index contributed by atoms with van der Waals surface area (Å²) in [6.45, 7) is 3.04. The Morgan fingerprint density at radius 2 is 2.33 bits per heavy atom. The predicted molar refractivity (Wildman–Crippen MR) is 62.4 cm³/mol. The normalized spacial score (nSPS) is 10.8. The summed E-state index contributed by atoms with van der Waals surface area (Å²) in [5.41, 5.74) is 0.724. The second kappa shape index (κ2) is 4.53. The molecule has 1 aromatic carbocycles. The van der Waals surface area contributed by atoms with E-state index < -0.39 is 0 Å². The van der Waals surface area contributed by atoms with Crippen molar-refractivity contribution in [2.75, 3.05) is 11.9 Å². The van der Waals surface area contributed by atoms with Gasteiger partial charge in [0.05, 0.1) is 10.4 Å². The minimum absolute atomic E-state index is 0.674. The van der Waals surface area contributed by atoms with Gasteiger partial charge in [0.25, 0.3) is 0 Å². The lowest BCUT2D eigenvalue weighted by atomic mass is 10.2. The van der Waals surface area contributed by atoms with Gasteiger partial charge in [-0.1, -0.05) is 36.2 Å². The Morgan fingerprint density at radius 3 is 3.13 bits per heavy atom. The summed E-state index contributed by atoms with van der Waals surface area (Å²) in [5.74, 6) is 0.740. The minimum Gasteiger partial charge on any atom is -0.367 e. The number of hydrogen-bond acceptors (Lipinski definition) is 3. The summed E-state index contributed by atoms with van der Waals surface area (Å²) >= 11 is 6.08. The van der Waals surface area contributed by atoms with E-state index in [4.69, 9.17) is 16.1 Å². The first-order valence-corrected chi connectivity index (χ1v) is 5.48. The van der Waals surface area contributed by atoms with Gasteiger partial charge in [0.1, 0.15) is 0 Å². The molecule has 3 nitrogen and oxygen atoms in total. The average molecular weight is 225 g/mol. The maximum atomic E-state index is 6.08. The quantitative estimate of drug-likeness (QED) is 0.805. The molecule has 80 valence electrons. The highest BCUT2D eigenvalue weighted by molar-refractivity contribution is 6.36. The van der Waals surface area contributed by atoms with E-state index in [1.807, 2.05) is 18.2 Å². The van der Waals surface area contributed by atoms with E-state index in [0.717, 1.165) is 36.2 Å². The van der Waals surface area contributed by atoms with Crippen molar-refractivity contribution in [3.63, 3.8) is 0 Å². The van der Waals surface area contributed by atoms with Gasteiger partial charge in [-0.3, -0.25) is 0 Å². The van der Waals surface area contributed by atoms with E-state index in [-0.39, 0.29) is 0 Å². The van der Waals surface area contributed by atoms with E-state index in [0.29, 0.717) is 5.02 Å². The van der Waals surface area contributed by atoms with Gasteiger partial charge in [0.15, 0.2) is 11.4 Å². The van der Waals surface area contributed by atoms with Crippen LogP contribution >= 0.6 is 11.6 Å². The van der Waals surface area contributed by atoms with Crippen LogP contribution in [0.3, 0.4) is 0 Å². The molecule has 2 rings (SSSR count). The largest absolute Gasteiger partial charge is 0.367 e. The Bertz CT molecular complexity index is 453. The van der Waals surface area contributed by atoms with E-state index in [2.05, 4.69) is 17.4 Å². The molecule has 0 atom stereocenters. The number of nitrogens with one attached hydrogen (secondary N) is 1. The molecule has 0 saturated carbocycles. The number of halogens is 1. The Hall–Kier alpha value is -1.22. The number of hydrogen-bond donors (Lipinski definition) is 1. The molecular weight excluding hydrogens is 212 g/mol. The first kappa shape index (κ1) is 10.3. The number of benzene rings is 1. The van der Waals surface area contributed by atoms with Crippen molar-refractivity contribution in [1.82, 2.24) is 5.16 Å². The highest BCUT2D eigenvalue weighted by atomic mass is 35.5. The topological polar surface area (TPSA) is 38.1 Å². The fourth-order valence-electron chi connectivity index (χ4n) is 1.45. The van der Waals surface area contributed by atoms with Crippen molar-refractivity contribution in [3.8, 4) is 0 Å². The van der Waals surface area contributed by atoms with Crippen molar-refractivity contribution in [2.45, 2.75) is 19.8 Å². The maximum absolute atomic E-state index is 6.08. The number of nitrogens with zero attached hydrogens (tertiary/aromatic N) is 1. The predicted octanol–water partition coefficient (Wildman–Crippen LogP) is 3.69. The summed E-state index contributed by atoms with van der Waals surface area (Å²) in [4.78, 5) is 0. The lowest BCUT2D eigenvalue weighted by Crippen LogP contribution is -2.01. The van der Waals surface area contributed by atoms with Gasteiger partial charge in [-0.05, 0) is 18.6 Å². The van der Waals surface area contributed by atoms with E-state index >= 15 is 0 Å². The Balaban J connectivity index is 2.27. The molecule has 0 fully saturated rings. The molecule has 0 aliphatic carbocycles. The zero-order valence-electron chi connectivity index (χ0n) is 8.59. The lowest BCUT2D eigenvalue weighted by molar-refractivity contribution is 0.459. The molecule has 0 spiro atoms. The number of rotatable bonds is 4. The fraction of sp³-hybridized carbons (Fsp3) is 0.364. The van der Waals surface area contributed by atoms with Gasteiger partial charge in [0, 0.05) is 6.54 Å². The van der Waals surface area contributed by atoms with Crippen LogP contribution in [0.4, 0.5) is 5.82 Å². The number of anilines is 1. The average Bonchev–Trinajstić information content (AvgIpc) is 2.63. The molecule has 0 aliphatic heterocycles. The van der Waals surface area contributed by atoms with E-state index in [9.17, 15) is 0 Å². The van der Waals surface area contributed by atoms with Gasteiger partial charge >= 0.3 is 0 Å². The van der Waals surface area contributed by atoms with Crippen molar-refractivity contribution in [1.29, 1.82) is 0 Å². The molecule has 0 saturated heterocycles. The Labute approximate surface area is 93.4 Å². The molecule has 15 heavy (non-hydrogen) atoms. The van der Waals surface area contributed by atoms with Crippen LogP contribution in [-0.4, -0.2) is 11.7 Å². The smallest absolute Gasteiger partial charge is 0.178 e. The lowest BCUT2D eigenvalue weighted by Gasteiger charge is -2.00. The zero-order chi connectivity index (χ0) is 10.7. The monoisotopic (exact) mass is 224 g/mol. The standard InChI is InChI=1S/C11H13ClN2O/c1-2-3-7-13-11-10-8(12)5-4-6-9(10)15-14-11/h4-6H,2-3,7H2,1H3,(H,13,14). The third-order valence-corrected chi connectivity index (χ3v) is 2.59. The maximum Gasteiger partial charge on any atom is 0.178 e. The molecule has 1 N–H and O–H groups in total. The van der Waals surface area contributed by atoms with Gasteiger partial charge in [-0.15, -0.1) is 0 Å². The van der Waals surface area contributed by atoms with Crippen LogP contribution in [0.5, 0.6) is 0 Å². The second-order valence-electron chi connectivity index (χ2n) is 3.42. The van der Waals surface area contributed by atoms with Crippen LogP contribution in [0.25, 0.3) is 11.0 Å². The molecule has 0 radical (unpaired) electrons. The van der Waals surface area contributed by atoms with Crippen molar-refractivity contribution in [3.05, 3.63) is 23.2 Å². The van der Waals surface area contributed by atoms with Crippen molar-refractivity contribution >= 4 is 28.4 Å². The molecule has 0 bridgehead atoms. The minimum atomic E-state index is 0.674. The van der Waals surface area contributed by atoms with Crippen LogP contribution in [0.1, 0.15) is 19.8 Å².